The quantitative estimate of drug-likeness (QED) is 0.256. The molecule has 2 fully saturated rings. The molecule has 3 N–H and O–H groups in total. The maximum atomic E-state index is 13.7. The van der Waals surface area contributed by atoms with E-state index in [-0.39, 0.29) is 23.7 Å². The summed E-state index contributed by atoms with van der Waals surface area (Å²) in [7, 11) is 1.88. The van der Waals surface area contributed by atoms with Crippen LogP contribution in [-0.4, -0.2) is 61.6 Å². The molecule has 4 aromatic rings. The predicted octanol–water partition coefficient (Wildman–Crippen LogP) is 4.48. The van der Waals surface area contributed by atoms with Crippen molar-refractivity contribution in [1.29, 1.82) is 5.26 Å². The lowest BCUT2D eigenvalue weighted by molar-refractivity contribution is -0.0320. The second-order valence-electron chi connectivity index (χ2n) is 11.7. The highest BCUT2D eigenvalue weighted by atomic mass is 16.5. The lowest BCUT2D eigenvalue weighted by Crippen LogP contribution is -2.53. The number of hydrogen-bond acceptors (Lipinski definition) is 9. The summed E-state index contributed by atoms with van der Waals surface area (Å²) < 4.78 is 7.09. The molecule has 0 bridgehead atoms. The zero-order valence-corrected chi connectivity index (χ0v) is 24.9. The van der Waals surface area contributed by atoms with E-state index in [1.807, 2.05) is 62.6 Å². The van der Waals surface area contributed by atoms with Crippen LogP contribution in [0.4, 0.5) is 22.4 Å². The number of nitrogens with one attached hydrogen (secondary N) is 3. The fourth-order valence-electron chi connectivity index (χ4n) is 5.64. The molecule has 0 spiro atoms. The fraction of sp³-hybridized carbons (Fsp3) is 0.375. The smallest absolute Gasteiger partial charge is 0.323 e. The van der Waals surface area contributed by atoms with Crippen molar-refractivity contribution in [2.45, 2.75) is 56.8 Å². The number of aromatic nitrogens is 5. The predicted molar refractivity (Wildman–Crippen MR) is 167 cm³/mol. The highest BCUT2D eigenvalue weighted by Crippen LogP contribution is 2.30. The summed E-state index contributed by atoms with van der Waals surface area (Å²) in [5.74, 6) is 1.59. The van der Waals surface area contributed by atoms with Gasteiger partial charge in [0.05, 0.1) is 31.1 Å². The number of rotatable bonds is 9. The Kier molecular flexibility index (Phi) is 8.38. The largest absolute Gasteiger partial charge is 0.376 e. The van der Waals surface area contributed by atoms with Gasteiger partial charge in [0.2, 0.25) is 5.95 Å². The number of hydrogen-bond donors (Lipinski definition) is 3. The first-order valence-electron chi connectivity index (χ1n) is 14.8. The van der Waals surface area contributed by atoms with E-state index in [0.717, 1.165) is 42.4 Å². The van der Waals surface area contributed by atoms with Crippen LogP contribution in [0.15, 0.2) is 67.3 Å². The third kappa shape index (κ3) is 6.63. The highest BCUT2D eigenvalue weighted by molar-refractivity contribution is 5.91. The van der Waals surface area contributed by atoms with Crippen molar-refractivity contribution in [2.75, 3.05) is 28.7 Å². The minimum absolute atomic E-state index is 0.0294. The van der Waals surface area contributed by atoms with E-state index >= 15 is 0 Å². The molecule has 0 atom stereocenters. The van der Waals surface area contributed by atoms with Crippen molar-refractivity contribution >= 4 is 23.6 Å². The van der Waals surface area contributed by atoms with Crippen LogP contribution in [0.3, 0.4) is 0 Å². The normalized spacial score (nSPS) is 18.8. The molecule has 3 aromatic heterocycles. The number of ether oxygens (including phenoxy) is 1. The van der Waals surface area contributed by atoms with Gasteiger partial charge in [0.25, 0.3) is 0 Å². The Morgan fingerprint density at radius 1 is 1.07 bits per heavy atom. The number of nitriles is 1. The van der Waals surface area contributed by atoms with Crippen LogP contribution < -0.4 is 20.9 Å². The van der Waals surface area contributed by atoms with Crippen molar-refractivity contribution in [2.24, 2.45) is 7.05 Å². The summed E-state index contributed by atoms with van der Waals surface area (Å²) in [5.41, 5.74) is 3.09. The number of carbonyl (C=O) groups excluding carboxylic acids is 1. The maximum absolute atomic E-state index is 13.7. The molecule has 12 heteroatoms. The van der Waals surface area contributed by atoms with Crippen LogP contribution in [-0.2, 0) is 18.3 Å². The standard InChI is InChI=1S/C32H36N10O2/c1-32(20-44-21-32)40-29-24(14-33)17-35-30(39-29)38-26-9-11-27(12-10-26)42(31(43)36-15-22-6-4-3-5-7-22)28-13-8-23(16-34-28)25-18-37-41(2)19-25/h3-8,13,16-19,26-27H,9-12,15,20-21H2,1-2H3,(H,36,43)(H2,35,38,39,40). The fourth-order valence-corrected chi connectivity index (χ4v) is 5.64. The molecule has 4 heterocycles. The van der Waals surface area contributed by atoms with Crippen molar-refractivity contribution in [1.82, 2.24) is 30.0 Å². The number of pyridine rings is 1. The number of benzene rings is 1. The molecule has 2 amide bonds. The molecule has 1 aliphatic heterocycles. The van der Waals surface area contributed by atoms with Crippen molar-refractivity contribution < 1.29 is 9.53 Å². The molecule has 44 heavy (non-hydrogen) atoms. The zero-order valence-electron chi connectivity index (χ0n) is 24.9. The summed E-state index contributed by atoms with van der Waals surface area (Å²) in [6.45, 7) is 3.59. The SMILES string of the molecule is Cn1cc(-c2ccc(N(C(=O)NCc3ccccc3)C3CCC(Nc4ncc(C#N)c(NC5(C)COC5)n4)CC3)nc2)cn1. The molecule has 0 unspecified atom stereocenters. The van der Waals surface area contributed by atoms with Crippen LogP contribution in [0.25, 0.3) is 11.1 Å². The van der Waals surface area contributed by atoms with E-state index in [9.17, 15) is 10.1 Å². The molecule has 6 rings (SSSR count). The number of anilines is 3. The second kappa shape index (κ2) is 12.7. The van der Waals surface area contributed by atoms with E-state index in [0.29, 0.717) is 42.9 Å². The minimum Gasteiger partial charge on any atom is -0.376 e. The van der Waals surface area contributed by atoms with Crippen LogP contribution in [0.5, 0.6) is 0 Å². The summed E-state index contributed by atoms with van der Waals surface area (Å²) in [6.07, 6.45) is 10.3. The van der Waals surface area contributed by atoms with E-state index in [1.165, 1.54) is 0 Å². The average molecular weight is 593 g/mol. The van der Waals surface area contributed by atoms with Gasteiger partial charge in [0, 0.05) is 49.2 Å². The molecule has 226 valence electrons. The van der Waals surface area contributed by atoms with Gasteiger partial charge in [0.15, 0.2) is 0 Å². The van der Waals surface area contributed by atoms with E-state index in [1.54, 1.807) is 28.2 Å². The van der Waals surface area contributed by atoms with Gasteiger partial charge in [-0.2, -0.15) is 15.3 Å². The Hall–Kier alpha value is -5.02. The Morgan fingerprint density at radius 3 is 2.50 bits per heavy atom. The lowest BCUT2D eigenvalue weighted by atomic mass is 9.90. The Morgan fingerprint density at radius 2 is 1.86 bits per heavy atom. The molecule has 1 aliphatic carbocycles. The molecule has 1 aromatic carbocycles. The van der Waals surface area contributed by atoms with Crippen LogP contribution >= 0.6 is 0 Å². The van der Waals surface area contributed by atoms with Gasteiger partial charge in [-0.05, 0) is 50.3 Å². The van der Waals surface area contributed by atoms with E-state index in [2.05, 4.69) is 37.1 Å². The molecule has 1 saturated heterocycles. The first kappa shape index (κ1) is 29.1. The van der Waals surface area contributed by atoms with Gasteiger partial charge in [-0.25, -0.2) is 14.8 Å². The van der Waals surface area contributed by atoms with Gasteiger partial charge in [-0.1, -0.05) is 30.3 Å². The maximum Gasteiger partial charge on any atom is 0.323 e. The average Bonchev–Trinajstić information content (AvgIpc) is 3.47. The summed E-state index contributed by atoms with van der Waals surface area (Å²) >= 11 is 0. The molecular weight excluding hydrogens is 556 g/mol. The third-order valence-electron chi connectivity index (χ3n) is 8.10. The summed E-state index contributed by atoms with van der Waals surface area (Å²) in [6, 6.07) is 15.9. The molecule has 2 aliphatic rings. The van der Waals surface area contributed by atoms with Crippen LogP contribution in [0.2, 0.25) is 0 Å². The van der Waals surface area contributed by atoms with Crippen LogP contribution in [0, 0.1) is 11.3 Å². The van der Waals surface area contributed by atoms with Gasteiger partial charge in [0.1, 0.15) is 23.3 Å². The van der Waals surface area contributed by atoms with E-state index < -0.39 is 0 Å². The van der Waals surface area contributed by atoms with E-state index in [4.69, 9.17) is 9.72 Å². The first-order chi connectivity index (χ1) is 21.4. The number of nitrogens with zero attached hydrogens (tertiary/aromatic N) is 7. The van der Waals surface area contributed by atoms with Gasteiger partial charge in [-0.3, -0.25) is 9.58 Å². The molecule has 12 nitrogen and oxygen atoms in total. The third-order valence-corrected chi connectivity index (χ3v) is 8.10. The molecule has 1 saturated carbocycles. The lowest BCUT2D eigenvalue weighted by Gasteiger charge is -2.39. The van der Waals surface area contributed by atoms with Crippen molar-refractivity contribution in [3.8, 4) is 17.2 Å². The molecular formula is C32H36N10O2. The monoisotopic (exact) mass is 592 g/mol. The Labute approximate surface area is 256 Å². The number of aryl methyl sites for hydroxylation is 1. The Balaban J connectivity index is 1.14. The summed E-state index contributed by atoms with van der Waals surface area (Å²) in [4.78, 5) is 29.2. The van der Waals surface area contributed by atoms with Gasteiger partial charge < -0.3 is 20.7 Å². The van der Waals surface area contributed by atoms with Crippen molar-refractivity contribution in [3.63, 3.8) is 0 Å². The van der Waals surface area contributed by atoms with Gasteiger partial charge >= 0.3 is 6.03 Å². The number of urea groups is 1. The number of carbonyl (C=O) groups is 1. The van der Waals surface area contributed by atoms with Gasteiger partial charge in [-0.15, -0.1) is 0 Å². The highest BCUT2D eigenvalue weighted by Gasteiger charge is 2.35. The topological polar surface area (TPSA) is 146 Å². The van der Waals surface area contributed by atoms with Crippen LogP contribution in [0.1, 0.15) is 43.7 Å². The Bertz CT molecular complexity index is 1620. The molecule has 0 radical (unpaired) electrons. The minimum atomic E-state index is -0.246. The summed E-state index contributed by atoms with van der Waals surface area (Å²) in [5, 5.41) is 23.7. The second-order valence-corrected chi connectivity index (χ2v) is 11.7. The first-order valence-corrected chi connectivity index (χ1v) is 14.8. The zero-order chi connectivity index (χ0) is 30.5. The van der Waals surface area contributed by atoms with Crippen molar-refractivity contribution in [3.05, 3.63) is 78.4 Å². The number of amides is 2.